The number of amides is 2. The van der Waals surface area contributed by atoms with Gasteiger partial charge in [-0.2, -0.15) is 0 Å². The van der Waals surface area contributed by atoms with Crippen LogP contribution in [-0.2, 0) is 6.42 Å². The number of nitrogens with one attached hydrogen (secondary N) is 2. The molecular weight excluding hydrogens is 444 g/mol. The molecule has 0 aliphatic carbocycles. The number of hydrogen-bond acceptors (Lipinski definition) is 5. The second-order valence-electron chi connectivity index (χ2n) is 8.58. The Labute approximate surface area is 199 Å². The quantitative estimate of drug-likeness (QED) is 0.434. The van der Waals surface area contributed by atoms with Gasteiger partial charge in [0.05, 0.1) is 29.0 Å². The third kappa shape index (κ3) is 6.30. The molecule has 2 aromatic rings. The van der Waals surface area contributed by atoms with E-state index >= 15 is 0 Å². The highest BCUT2D eigenvalue weighted by molar-refractivity contribution is 6.33. The Morgan fingerprint density at radius 2 is 1.91 bits per heavy atom. The van der Waals surface area contributed by atoms with E-state index < -0.39 is 11.8 Å². The lowest BCUT2D eigenvalue weighted by Gasteiger charge is -2.45. The van der Waals surface area contributed by atoms with Crippen molar-refractivity contribution in [3.05, 3.63) is 58.6 Å². The Hall–Kier alpha value is -2.97. The summed E-state index contributed by atoms with van der Waals surface area (Å²) in [5.41, 5.74) is 6.84. The Kier molecular flexibility index (Phi) is 8.05. The van der Waals surface area contributed by atoms with Gasteiger partial charge in [0.2, 0.25) is 0 Å². The molecule has 2 amide bonds. The predicted octanol–water partition coefficient (Wildman–Crippen LogP) is 3.60. The van der Waals surface area contributed by atoms with Gasteiger partial charge in [0.1, 0.15) is 5.75 Å². The van der Waals surface area contributed by atoms with Gasteiger partial charge in [0, 0.05) is 32.1 Å². The highest BCUT2D eigenvalue weighted by Crippen LogP contribution is 2.29. The number of likely N-dealkylation sites (tertiary alicyclic amines) is 1. The van der Waals surface area contributed by atoms with E-state index in [2.05, 4.69) is 15.5 Å². The zero-order chi connectivity index (χ0) is 24.0. The molecule has 9 heteroatoms. The van der Waals surface area contributed by atoms with E-state index in [1.54, 1.807) is 6.07 Å². The number of nitrogen functional groups attached to an aromatic ring is 1. The number of carbonyl (C=O) groups excluding carboxylic acids is 1. The van der Waals surface area contributed by atoms with Gasteiger partial charge in [0.25, 0.3) is 5.91 Å². The molecule has 3 rings (SSSR count). The van der Waals surface area contributed by atoms with Gasteiger partial charge in [-0.05, 0) is 37.3 Å². The number of nitrogens with two attached hydrogens (primary N) is 1. The van der Waals surface area contributed by atoms with Crippen LogP contribution in [0.15, 0.2) is 42.5 Å². The Bertz CT molecular complexity index is 980. The summed E-state index contributed by atoms with van der Waals surface area (Å²) in [6, 6.07) is 12.9. The maximum atomic E-state index is 12.7. The van der Waals surface area contributed by atoms with E-state index in [0.29, 0.717) is 35.0 Å². The van der Waals surface area contributed by atoms with E-state index in [-0.39, 0.29) is 11.8 Å². The molecule has 0 radical (unpaired) electrons. The molecular formula is C24H31ClN4O4. The number of piperidine rings is 1. The summed E-state index contributed by atoms with van der Waals surface area (Å²) < 4.78 is 5.27. The minimum atomic E-state index is -1.04. The Balaban J connectivity index is 1.59. The van der Waals surface area contributed by atoms with Crippen LogP contribution in [-0.4, -0.2) is 54.4 Å². The largest absolute Gasteiger partial charge is 0.496 e. The highest BCUT2D eigenvalue weighted by Gasteiger charge is 2.36. The van der Waals surface area contributed by atoms with E-state index in [1.165, 1.54) is 13.2 Å². The topological polar surface area (TPSA) is 117 Å². The van der Waals surface area contributed by atoms with Crippen molar-refractivity contribution in [1.29, 1.82) is 0 Å². The van der Waals surface area contributed by atoms with Crippen LogP contribution in [0.25, 0.3) is 0 Å². The molecule has 0 aromatic heterocycles. The standard InChI is InChI=1S/C24H31ClN4O4/c1-24(28-23(31)32,14-16-6-4-3-5-7-16)29-10-8-17(9-11-29)15-27-22(30)18-12-19(25)20(26)13-21(18)33-2/h3-7,12-13,17,28H,8-11,14-15,26H2,1-2H3,(H,27,30)(H,31,32). The Morgan fingerprint density at radius 1 is 1.24 bits per heavy atom. The number of nitrogens with zero attached hydrogens (tertiary/aromatic N) is 1. The zero-order valence-corrected chi connectivity index (χ0v) is 19.7. The summed E-state index contributed by atoms with van der Waals surface area (Å²) in [7, 11) is 1.48. The molecule has 1 aliphatic heterocycles. The summed E-state index contributed by atoms with van der Waals surface area (Å²) in [5, 5.41) is 15.4. The molecule has 1 unspecified atom stereocenters. The molecule has 1 aliphatic rings. The van der Waals surface area contributed by atoms with Crippen molar-refractivity contribution >= 4 is 29.3 Å². The monoisotopic (exact) mass is 474 g/mol. The summed E-state index contributed by atoms with van der Waals surface area (Å²) >= 11 is 6.07. The van der Waals surface area contributed by atoms with Crippen molar-refractivity contribution in [2.45, 2.75) is 31.8 Å². The number of carbonyl (C=O) groups is 2. The molecule has 0 bridgehead atoms. The summed E-state index contributed by atoms with van der Waals surface area (Å²) in [6.07, 6.45) is 1.20. The van der Waals surface area contributed by atoms with Gasteiger partial charge in [-0.1, -0.05) is 41.9 Å². The maximum Gasteiger partial charge on any atom is 0.406 e. The van der Waals surface area contributed by atoms with Gasteiger partial charge in [-0.3, -0.25) is 9.69 Å². The van der Waals surface area contributed by atoms with Crippen molar-refractivity contribution in [1.82, 2.24) is 15.5 Å². The third-order valence-electron chi connectivity index (χ3n) is 6.19. The van der Waals surface area contributed by atoms with Crippen molar-refractivity contribution in [2.24, 2.45) is 5.92 Å². The molecule has 1 atom stereocenters. The number of benzene rings is 2. The molecule has 0 saturated carbocycles. The first-order valence-corrected chi connectivity index (χ1v) is 11.3. The molecule has 5 N–H and O–H groups in total. The maximum absolute atomic E-state index is 12.7. The van der Waals surface area contributed by atoms with Crippen molar-refractivity contribution in [3.8, 4) is 5.75 Å². The number of carboxylic acid groups (broad SMARTS) is 1. The number of rotatable bonds is 8. The first-order valence-electron chi connectivity index (χ1n) is 10.9. The fourth-order valence-corrected chi connectivity index (χ4v) is 4.50. The van der Waals surface area contributed by atoms with Gasteiger partial charge < -0.3 is 26.2 Å². The second kappa shape index (κ2) is 10.8. The van der Waals surface area contributed by atoms with Crippen LogP contribution in [0.5, 0.6) is 5.75 Å². The first-order chi connectivity index (χ1) is 15.7. The average molecular weight is 475 g/mol. The highest BCUT2D eigenvalue weighted by atomic mass is 35.5. The molecule has 1 heterocycles. The van der Waals surface area contributed by atoms with E-state index in [0.717, 1.165) is 31.5 Å². The second-order valence-corrected chi connectivity index (χ2v) is 8.99. The summed E-state index contributed by atoms with van der Waals surface area (Å²) in [5.74, 6) is 0.393. The molecule has 8 nitrogen and oxygen atoms in total. The number of ether oxygens (including phenoxy) is 1. The van der Waals surface area contributed by atoms with Crippen molar-refractivity contribution in [2.75, 3.05) is 32.5 Å². The van der Waals surface area contributed by atoms with Crippen LogP contribution in [0.2, 0.25) is 5.02 Å². The van der Waals surface area contributed by atoms with Crippen LogP contribution < -0.4 is 21.1 Å². The normalized spacial score (nSPS) is 16.6. The lowest BCUT2D eigenvalue weighted by atomic mass is 9.92. The smallest absolute Gasteiger partial charge is 0.406 e. The van der Waals surface area contributed by atoms with E-state index in [1.807, 2.05) is 37.3 Å². The lowest BCUT2D eigenvalue weighted by molar-refractivity contribution is 0.0369. The SMILES string of the molecule is COc1cc(N)c(Cl)cc1C(=O)NCC1CCN(C(C)(Cc2ccccc2)NC(=O)O)CC1. The summed E-state index contributed by atoms with van der Waals surface area (Å²) in [6.45, 7) is 3.88. The number of hydrogen-bond donors (Lipinski definition) is 4. The fourth-order valence-electron chi connectivity index (χ4n) is 4.34. The zero-order valence-electron chi connectivity index (χ0n) is 18.9. The van der Waals surface area contributed by atoms with E-state index in [4.69, 9.17) is 22.1 Å². The van der Waals surface area contributed by atoms with Crippen molar-refractivity contribution in [3.63, 3.8) is 0 Å². The molecule has 0 spiro atoms. The van der Waals surface area contributed by atoms with E-state index in [9.17, 15) is 14.7 Å². The van der Waals surface area contributed by atoms with Crippen LogP contribution >= 0.6 is 11.6 Å². The minimum absolute atomic E-state index is 0.266. The Morgan fingerprint density at radius 3 is 2.52 bits per heavy atom. The summed E-state index contributed by atoms with van der Waals surface area (Å²) in [4.78, 5) is 26.4. The first kappa shape index (κ1) is 24.7. The molecule has 178 valence electrons. The predicted molar refractivity (Wildman–Crippen MR) is 129 cm³/mol. The number of anilines is 1. The molecule has 1 fully saturated rings. The van der Waals surface area contributed by atoms with Gasteiger partial charge in [-0.25, -0.2) is 4.79 Å². The molecule has 33 heavy (non-hydrogen) atoms. The van der Waals surface area contributed by atoms with Crippen LogP contribution in [0.4, 0.5) is 10.5 Å². The fraction of sp³-hybridized carbons (Fsp3) is 0.417. The molecule has 2 aromatic carbocycles. The van der Waals surface area contributed by atoms with Crippen LogP contribution in [0.3, 0.4) is 0 Å². The number of halogens is 1. The van der Waals surface area contributed by atoms with Crippen LogP contribution in [0.1, 0.15) is 35.7 Å². The van der Waals surface area contributed by atoms with Gasteiger partial charge >= 0.3 is 6.09 Å². The third-order valence-corrected chi connectivity index (χ3v) is 6.52. The van der Waals surface area contributed by atoms with Gasteiger partial charge in [0.15, 0.2) is 0 Å². The molecule has 1 saturated heterocycles. The van der Waals surface area contributed by atoms with Crippen molar-refractivity contribution < 1.29 is 19.4 Å². The van der Waals surface area contributed by atoms with Crippen LogP contribution in [0, 0.1) is 5.92 Å². The lowest BCUT2D eigenvalue weighted by Crippen LogP contribution is -2.61. The average Bonchev–Trinajstić information content (AvgIpc) is 2.79. The minimum Gasteiger partial charge on any atom is -0.496 e. The number of methoxy groups -OCH3 is 1. The van der Waals surface area contributed by atoms with Gasteiger partial charge in [-0.15, -0.1) is 0 Å².